The van der Waals surface area contributed by atoms with Crippen LogP contribution in [-0.4, -0.2) is 69.2 Å². The molecule has 4 rings (SSSR count). The quantitative estimate of drug-likeness (QED) is 0.607. The van der Waals surface area contributed by atoms with Gasteiger partial charge in [-0.2, -0.15) is 0 Å². The highest BCUT2D eigenvalue weighted by Crippen LogP contribution is 2.33. The van der Waals surface area contributed by atoms with Crippen molar-refractivity contribution >= 4 is 22.9 Å². The summed E-state index contributed by atoms with van der Waals surface area (Å²) in [6.45, 7) is 6.65. The van der Waals surface area contributed by atoms with Crippen molar-refractivity contribution in [2.45, 2.75) is 45.8 Å². The number of benzene rings is 1. The minimum atomic E-state index is -0.874. The lowest BCUT2D eigenvalue weighted by atomic mass is 9.80. The molecule has 0 bridgehead atoms. The number of ether oxygens (including phenoxy) is 1. The number of aromatic nitrogens is 2. The van der Waals surface area contributed by atoms with Gasteiger partial charge in [-0.1, -0.05) is 20.8 Å². The Bertz CT molecular complexity index is 1190. The lowest BCUT2D eigenvalue weighted by Crippen LogP contribution is -2.53. The van der Waals surface area contributed by atoms with E-state index in [-0.39, 0.29) is 23.5 Å². The Balaban J connectivity index is 1.49. The summed E-state index contributed by atoms with van der Waals surface area (Å²) in [5.41, 5.74) is 1.44. The molecule has 1 aliphatic rings. The summed E-state index contributed by atoms with van der Waals surface area (Å²) < 4.78 is 8.18. The maximum absolute atomic E-state index is 12.3. The molecule has 1 saturated heterocycles. The van der Waals surface area contributed by atoms with Crippen LogP contribution < -0.4 is 4.74 Å². The van der Waals surface area contributed by atoms with Crippen molar-refractivity contribution in [3.05, 3.63) is 54.4 Å². The van der Waals surface area contributed by atoms with Crippen LogP contribution in [0, 0.1) is 5.41 Å². The number of carbonyl (C=O) groups excluding carboxylic acids is 1. The van der Waals surface area contributed by atoms with E-state index >= 15 is 0 Å². The Morgan fingerprint density at radius 1 is 1.15 bits per heavy atom. The number of hydrogen-bond donors (Lipinski definition) is 1. The van der Waals surface area contributed by atoms with Crippen LogP contribution in [0.15, 0.2) is 48.8 Å². The van der Waals surface area contributed by atoms with Crippen LogP contribution in [0.4, 0.5) is 4.79 Å². The highest BCUT2D eigenvalue weighted by molar-refractivity contribution is 5.98. The van der Waals surface area contributed by atoms with Crippen LogP contribution in [-0.2, 0) is 0 Å². The van der Waals surface area contributed by atoms with E-state index in [1.54, 1.807) is 25.2 Å². The number of piperidine rings is 1. The molecule has 3 heterocycles. The van der Waals surface area contributed by atoms with Crippen molar-refractivity contribution in [2.24, 2.45) is 5.41 Å². The number of rotatable bonds is 4. The predicted octanol–water partition coefficient (Wildman–Crippen LogP) is 4.66. The summed E-state index contributed by atoms with van der Waals surface area (Å²) in [4.78, 5) is 31.6. The molecule has 2 aromatic heterocycles. The summed E-state index contributed by atoms with van der Waals surface area (Å²) in [6.07, 6.45) is 4.01. The molecule has 2 atom stereocenters. The first-order chi connectivity index (χ1) is 16.0. The molecular weight excluding hydrogens is 432 g/mol. The first-order valence-corrected chi connectivity index (χ1v) is 11.5. The second-order valence-corrected chi connectivity index (χ2v) is 10.1. The fraction of sp³-hybridized carbons (Fsp3) is 0.423. The Hall–Kier alpha value is -3.55. The lowest BCUT2D eigenvalue weighted by Gasteiger charge is -2.44. The average molecular weight is 465 g/mol. The Labute approximate surface area is 199 Å². The molecule has 1 N–H and O–H groups in total. The summed E-state index contributed by atoms with van der Waals surface area (Å²) in [6, 6.07) is 11.3. The molecule has 1 aromatic carbocycles. The minimum absolute atomic E-state index is 0.0304. The van der Waals surface area contributed by atoms with Crippen LogP contribution >= 0.6 is 0 Å². The van der Waals surface area contributed by atoms with Crippen molar-refractivity contribution in [2.75, 3.05) is 20.6 Å². The van der Waals surface area contributed by atoms with Gasteiger partial charge in [0.25, 0.3) is 5.91 Å². The molecule has 1 fully saturated rings. The maximum Gasteiger partial charge on any atom is 0.407 e. The molecule has 180 valence electrons. The Morgan fingerprint density at radius 2 is 1.91 bits per heavy atom. The first kappa shape index (κ1) is 23.6. The van der Waals surface area contributed by atoms with Crippen LogP contribution in [0.1, 0.15) is 44.0 Å². The van der Waals surface area contributed by atoms with Gasteiger partial charge < -0.3 is 24.2 Å². The zero-order valence-corrected chi connectivity index (χ0v) is 20.4. The van der Waals surface area contributed by atoms with Gasteiger partial charge in [-0.25, -0.2) is 9.78 Å². The van der Waals surface area contributed by atoms with Gasteiger partial charge in [-0.3, -0.25) is 4.79 Å². The third kappa shape index (κ3) is 4.71. The van der Waals surface area contributed by atoms with Gasteiger partial charge >= 0.3 is 6.09 Å². The highest BCUT2D eigenvalue weighted by Gasteiger charge is 2.39. The molecule has 8 heteroatoms. The van der Waals surface area contributed by atoms with Crippen LogP contribution in [0.25, 0.3) is 16.7 Å². The number of fused-ring (bicyclic) bond motifs is 1. The maximum atomic E-state index is 12.3. The molecule has 0 spiro atoms. The van der Waals surface area contributed by atoms with Crippen LogP contribution in [0.5, 0.6) is 5.75 Å². The van der Waals surface area contributed by atoms with Gasteiger partial charge in [-0.15, -0.1) is 0 Å². The summed E-state index contributed by atoms with van der Waals surface area (Å²) in [5, 5.41) is 10.5. The number of likely N-dealkylation sites (tertiary alicyclic amines) is 1. The molecule has 3 aromatic rings. The zero-order chi connectivity index (χ0) is 24.6. The van der Waals surface area contributed by atoms with Gasteiger partial charge in [0.2, 0.25) is 0 Å². The smallest absolute Gasteiger partial charge is 0.407 e. The topological polar surface area (TPSA) is 87.9 Å². The normalized spacial score (nSPS) is 18.7. The zero-order valence-electron chi connectivity index (χ0n) is 20.4. The monoisotopic (exact) mass is 464 g/mol. The number of nitrogens with zero attached hydrogens (tertiary/aromatic N) is 4. The summed E-state index contributed by atoms with van der Waals surface area (Å²) >= 11 is 0. The molecule has 34 heavy (non-hydrogen) atoms. The number of pyridine rings is 1. The molecule has 0 aliphatic carbocycles. The van der Waals surface area contributed by atoms with Crippen LogP contribution in [0.2, 0.25) is 0 Å². The van der Waals surface area contributed by atoms with E-state index in [2.05, 4.69) is 25.8 Å². The fourth-order valence-corrected chi connectivity index (χ4v) is 4.60. The first-order valence-electron chi connectivity index (χ1n) is 11.5. The number of amides is 2. The van der Waals surface area contributed by atoms with Gasteiger partial charge in [0, 0.05) is 56.7 Å². The van der Waals surface area contributed by atoms with Gasteiger partial charge in [0.05, 0.1) is 11.7 Å². The second-order valence-electron chi connectivity index (χ2n) is 10.1. The van der Waals surface area contributed by atoms with Gasteiger partial charge in [0.15, 0.2) is 0 Å². The summed E-state index contributed by atoms with van der Waals surface area (Å²) in [7, 11) is 3.48. The van der Waals surface area contributed by atoms with Gasteiger partial charge in [0.1, 0.15) is 17.7 Å². The number of hydrogen-bond acceptors (Lipinski definition) is 4. The fourth-order valence-electron chi connectivity index (χ4n) is 4.60. The van der Waals surface area contributed by atoms with Crippen molar-refractivity contribution in [3.8, 4) is 11.6 Å². The molecule has 0 saturated carbocycles. The number of carboxylic acid groups (broad SMARTS) is 1. The molecule has 1 aliphatic heterocycles. The minimum Gasteiger partial charge on any atom is -0.489 e. The van der Waals surface area contributed by atoms with Crippen molar-refractivity contribution in [3.63, 3.8) is 0 Å². The van der Waals surface area contributed by atoms with Crippen molar-refractivity contribution in [1.29, 1.82) is 0 Å². The number of carbonyl (C=O) groups is 2. The Morgan fingerprint density at radius 3 is 2.53 bits per heavy atom. The van der Waals surface area contributed by atoms with Gasteiger partial charge in [-0.05, 0) is 41.8 Å². The predicted molar refractivity (Wildman–Crippen MR) is 131 cm³/mol. The van der Waals surface area contributed by atoms with E-state index < -0.39 is 6.09 Å². The molecule has 2 unspecified atom stereocenters. The molecule has 2 amide bonds. The van der Waals surface area contributed by atoms with Crippen molar-refractivity contribution in [1.82, 2.24) is 19.4 Å². The lowest BCUT2D eigenvalue weighted by molar-refractivity contribution is 0.0129. The standard InChI is InChI=1S/C26H32N4O4/c1-26(2,3)22-15-19(11-13-30(22)25(32)33)34-20-7-9-23(27-16-20)29-12-10-17-14-18(6-8-21(17)29)24(31)28(4)5/h6-10,12,14,16,19,22H,11,13,15H2,1-5H3,(H,32,33). The average Bonchev–Trinajstić information content (AvgIpc) is 3.21. The van der Waals surface area contributed by atoms with Crippen LogP contribution in [0.3, 0.4) is 0 Å². The van der Waals surface area contributed by atoms with E-state index in [1.807, 2.05) is 47.2 Å². The molecule has 8 nitrogen and oxygen atoms in total. The molecule has 0 radical (unpaired) electrons. The van der Waals surface area contributed by atoms with E-state index in [0.717, 1.165) is 16.7 Å². The highest BCUT2D eigenvalue weighted by atomic mass is 16.5. The largest absolute Gasteiger partial charge is 0.489 e. The summed E-state index contributed by atoms with van der Waals surface area (Å²) in [5.74, 6) is 1.39. The van der Waals surface area contributed by atoms with E-state index in [1.165, 1.54) is 4.90 Å². The third-order valence-electron chi connectivity index (χ3n) is 6.41. The third-order valence-corrected chi connectivity index (χ3v) is 6.41. The molecular formula is C26H32N4O4. The Kier molecular flexibility index (Phi) is 6.25. The SMILES string of the molecule is CN(C)C(=O)c1ccc2c(ccn2-c2ccc(OC3CCN(C(=O)O)C(C(C)(C)C)C3)cn2)c1. The van der Waals surface area contributed by atoms with E-state index in [4.69, 9.17) is 4.74 Å². The van der Waals surface area contributed by atoms with Crippen molar-refractivity contribution < 1.29 is 19.4 Å². The van der Waals surface area contributed by atoms with E-state index in [9.17, 15) is 14.7 Å². The van der Waals surface area contributed by atoms with E-state index in [0.29, 0.717) is 30.7 Å². The second kappa shape index (κ2) is 9.00.